The first-order chi connectivity index (χ1) is 17.0. The summed E-state index contributed by atoms with van der Waals surface area (Å²) < 4.78 is 37.1. The van der Waals surface area contributed by atoms with E-state index in [1.54, 1.807) is 19.1 Å². The van der Waals surface area contributed by atoms with Gasteiger partial charge in [-0.1, -0.05) is 43.2 Å². The van der Waals surface area contributed by atoms with Crippen LogP contribution in [0.25, 0.3) is 0 Å². The third kappa shape index (κ3) is 7.87. The summed E-state index contributed by atoms with van der Waals surface area (Å²) in [5.41, 5.74) is 2.05. The molecule has 10 heteroatoms. The second-order valence-corrected chi connectivity index (χ2v) is 10.5. The van der Waals surface area contributed by atoms with Gasteiger partial charge in [-0.15, -0.1) is 0 Å². The summed E-state index contributed by atoms with van der Waals surface area (Å²) in [6.45, 7) is 5.77. The minimum Gasteiger partial charge on any atom is -0.497 e. The summed E-state index contributed by atoms with van der Waals surface area (Å²) in [6.07, 6.45) is 2.77. The van der Waals surface area contributed by atoms with E-state index in [0.717, 1.165) is 34.5 Å². The first-order valence-electron chi connectivity index (χ1n) is 11.8. The van der Waals surface area contributed by atoms with Gasteiger partial charge in [0.2, 0.25) is 21.8 Å². The van der Waals surface area contributed by atoms with E-state index in [0.29, 0.717) is 12.3 Å². The van der Waals surface area contributed by atoms with Crippen LogP contribution in [0.15, 0.2) is 42.5 Å². The van der Waals surface area contributed by atoms with Gasteiger partial charge in [-0.05, 0) is 38.0 Å². The van der Waals surface area contributed by atoms with Crippen molar-refractivity contribution in [2.75, 3.05) is 37.9 Å². The number of methoxy groups -OCH3 is 2. The fraction of sp³-hybridized carbons (Fsp3) is 0.462. The van der Waals surface area contributed by atoms with Crippen molar-refractivity contribution in [2.24, 2.45) is 0 Å². The Kier molecular flexibility index (Phi) is 10.6. The maximum Gasteiger partial charge on any atom is 0.244 e. The van der Waals surface area contributed by atoms with Crippen molar-refractivity contribution in [2.45, 2.75) is 46.2 Å². The molecule has 0 aliphatic rings. The van der Waals surface area contributed by atoms with Crippen molar-refractivity contribution < 1.29 is 27.5 Å². The lowest BCUT2D eigenvalue weighted by atomic mass is 10.1. The van der Waals surface area contributed by atoms with E-state index in [4.69, 9.17) is 9.47 Å². The molecule has 0 aromatic heterocycles. The molecule has 198 valence electrons. The highest BCUT2D eigenvalue weighted by molar-refractivity contribution is 7.92. The van der Waals surface area contributed by atoms with Crippen molar-refractivity contribution in [1.82, 2.24) is 10.2 Å². The Hall–Kier alpha value is -3.27. The molecule has 0 aliphatic carbocycles. The molecule has 0 aliphatic heterocycles. The summed E-state index contributed by atoms with van der Waals surface area (Å²) in [5.74, 6) is -0.0904. The van der Waals surface area contributed by atoms with Gasteiger partial charge in [-0.25, -0.2) is 8.42 Å². The molecule has 2 rings (SSSR count). The topological polar surface area (TPSA) is 105 Å². The number of anilines is 1. The van der Waals surface area contributed by atoms with Crippen LogP contribution < -0.4 is 19.1 Å². The van der Waals surface area contributed by atoms with Crippen LogP contribution >= 0.6 is 0 Å². The van der Waals surface area contributed by atoms with E-state index in [9.17, 15) is 18.0 Å². The van der Waals surface area contributed by atoms with Crippen LogP contribution in [-0.4, -0.2) is 64.7 Å². The number of sulfonamides is 1. The number of nitrogens with one attached hydrogen (secondary N) is 1. The number of amides is 2. The van der Waals surface area contributed by atoms with Crippen LogP contribution in [0.2, 0.25) is 0 Å². The van der Waals surface area contributed by atoms with E-state index >= 15 is 0 Å². The van der Waals surface area contributed by atoms with Crippen LogP contribution in [0.5, 0.6) is 11.5 Å². The summed E-state index contributed by atoms with van der Waals surface area (Å²) in [4.78, 5) is 27.9. The van der Waals surface area contributed by atoms with Gasteiger partial charge in [-0.2, -0.15) is 0 Å². The first kappa shape index (κ1) is 29.0. The van der Waals surface area contributed by atoms with E-state index in [2.05, 4.69) is 5.32 Å². The maximum atomic E-state index is 13.6. The fourth-order valence-electron chi connectivity index (χ4n) is 3.71. The zero-order valence-corrected chi connectivity index (χ0v) is 22.7. The van der Waals surface area contributed by atoms with Gasteiger partial charge in [0.05, 0.1) is 26.2 Å². The number of hydrogen-bond donors (Lipinski definition) is 1. The fourth-order valence-corrected chi connectivity index (χ4v) is 4.56. The normalized spacial score (nSPS) is 11.9. The molecule has 0 radical (unpaired) electrons. The molecular formula is C26H37N3O6S. The Bertz CT molecular complexity index is 1150. The second kappa shape index (κ2) is 13.2. The molecule has 0 bridgehead atoms. The SMILES string of the molecule is CCCCNC(=O)[C@@H](C)N(Cc1cccc(C)c1)C(=O)CN(c1ccc(OC)cc1OC)S(C)(=O)=O. The van der Waals surface area contributed by atoms with E-state index < -0.39 is 28.5 Å². The van der Waals surface area contributed by atoms with Crippen molar-refractivity contribution in [3.05, 3.63) is 53.6 Å². The summed E-state index contributed by atoms with van der Waals surface area (Å²) in [6, 6.07) is 11.5. The molecule has 9 nitrogen and oxygen atoms in total. The molecule has 0 spiro atoms. The number of aryl methyl sites for hydroxylation is 1. The lowest BCUT2D eigenvalue weighted by Gasteiger charge is -2.32. The minimum absolute atomic E-state index is 0.153. The van der Waals surface area contributed by atoms with Gasteiger partial charge < -0.3 is 19.7 Å². The number of benzene rings is 2. The third-order valence-corrected chi connectivity index (χ3v) is 6.89. The van der Waals surface area contributed by atoms with Crippen LogP contribution in [-0.2, 0) is 26.2 Å². The molecule has 2 amide bonds. The lowest BCUT2D eigenvalue weighted by molar-refractivity contribution is -0.139. The molecule has 1 N–H and O–H groups in total. The van der Waals surface area contributed by atoms with Crippen molar-refractivity contribution in [1.29, 1.82) is 0 Å². The van der Waals surface area contributed by atoms with Crippen LogP contribution in [0.3, 0.4) is 0 Å². The average molecular weight is 520 g/mol. The number of carbonyl (C=O) groups excluding carboxylic acids is 2. The number of rotatable bonds is 13. The molecule has 0 fully saturated rings. The average Bonchev–Trinajstić information content (AvgIpc) is 2.84. The zero-order chi connectivity index (χ0) is 26.9. The Morgan fingerprint density at radius 1 is 1.08 bits per heavy atom. The van der Waals surface area contributed by atoms with E-state index in [1.165, 1.54) is 25.2 Å². The highest BCUT2D eigenvalue weighted by atomic mass is 32.2. The molecule has 2 aromatic carbocycles. The quantitative estimate of drug-likeness (QED) is 0.408. The number of ether oxygens (including phenoxy) is 2. The Balaban J connectivity index is 2.42. The van der Waals surface area contributed by atoms with Gasteiger partial charge in [0, 0.05) is 19.2 Å². The monoisotopic (exact) mass is 519 g/mol. The highest BCUT2D eigenvalue weighted by Gasteiger charge is 2.31. The predicted octanol–water partition coefficient (Wildman–Crippen LogP) is 3.11. The molecule has 0 saturated heterocycles. The molecule has 0 unspecified atom stereocenters. The molecule has 1 atom stereocenters. The highest BCUT2D eigenvalue weighted by Crippen LogP contribution is 2.33. The molecule has 0 heterocycles. The van der Waals surface area contributed by atoms with Gasteiger partial charge in [0.1, 0.15) is 24.1 Å². The largest absolute Gasteiger partial charge is 0.497 e. The molecule has 0 saturated carbocycles. The van der Waals surface area contributed by atoms with Gasteiger partial charge in [0.15, 0.2) is 0 Å². The van der Waals surface area contributed by atoms with Crippen molar-refractivity contribution in [3.63, 3.8) is 0 Å². The van der Waals surface area contributed by atoms with Crippen LogP contribution in [0.4, 0.5) is 5.69 Å². The number of nitrogens with zero attached hydrogens (tertiary/aromatic N) is 2. The summed E-state index contributed by atoms with van der Waals surface area (Å²) in [7, 11) is -0.979. The Morgan fingerprint density at radius 3 is 2.39 bits per heavy atom. The Labute approximate surface area is 214 Å². The molecule has 2 aromatic rings. The maximum absolute atomic E-state index is 13.6. The standard InChI is InChI=1S/C26H37N3O6S/c1-7-8-14-27-26(31)20(3)28(17-21-11-9-10-19(2)15-21)25(30)18-29(36(6,32)33)23-13-12-22(34-4)16-24(23)35-5/h9-13,15-16,20H,7-8,14,17-18H2,1-6H3,(H,27,31)/t20-/m1/s1. The lowest BCUT2D eigenvalue weighted by Crippen LogP contribution is -2.51. The van der Waals surface area contributed by atoms with Gasteiger partial charge in [0.25, 0.3) is 0 Å². The number of unbranched alkanes of at least 4 members (excludes halogenated alkanes) is 1. The molecule has 36 heavy (non-hydrogen) atoms. The minimum atomic E-state index is -3.88. The van der Waals surface area contributed by atoms with Crippen LogP contribution in [0.1, 0.15) is 37.8 Å². The van der Waals surface area contributed by atoms with Crippen molar-refractivity contribution in [3.8, 4) is 11.5 Å². The first-order valence-corrected chi connectivity index (χ1v) is 13.7. The summed E-state index contributed by atoms with van der Waals surface area (Å²) >= 11 is 0. The zero-order valence-electron chi connectivity index (χ0n) is 21.9. The van der Waals surface area contributed by atoms with Gasteiger partial charge in [-0.3, -0.25) is 13.9 Å². The van der Waals surface area contributed by atoms with Crippen molar-refractivity contribution >= 4 is 27.5 Å². The van der Waals surface area contributed by atoms with E-state index in [1.807, 2.05) is 38.1 Å². The predicted molar refractivity (Wildman–Crippen MR) is 141 cm³/mol. The van der Waals surface area contributed by atoms with Crippen LogP contribution in [0, 0.1) is 6.92 Å². The number of carbonyl (C=O) groups is 2. The smallest absolute Gasteiger partial charge is 0.244 e. The number of hydrogen-bond acceptors (Lipinski definition) is 6. The third-order valence-electron chi connectivity index (χ3n) is 5.77. The van der Waals surface area contributed by atoms with E-state index in [-0.39, 0.29) is 23.9 Å². The summed E-state index contributed by atoms with van der Waals surface area (Å²) in [5, 5.41) is 2.86. The second-order valence-electron chi connectivity index (χ2n) is 8.64. The Morgan fingerprint density at radius 2 is 1.81 bits per heavy atom. The molecular weight excluding hydrogens is 482 g/mol. The van der Waals surface area contributed by atoms with Gasteiger partial charge >= 0.3 is 0 Å².